The Bertz CT molecular complexity index is 840. The van der Waals surface area contributed by atoms with E-state index in [2.05, 4.69) is 10.3 Å². The Morgan fingerprint density at radius 1 is 1.23 bits per heavy atom. The number of nitro benzene ring substituents is 1. The molecule has 0 bridgehead atoms. The first-order chi connectivity index (χ1) is 10.6. The Balaban J connectivity index is 1.96. The number of rotatable bonds is 4. The molecule has 1 aromatic heterocycles. The highest BCUT2D eigenvalue weighted by Crippen LogP contribution is 2.25. The third kappa shape index (κ3) is 2.44. The highest BCUT2D eigenvalue weighted by Gasteiger charge is 2.12. The van der Waals surface area contributed by atoms with E-state index in [0.29, 0.717) is 11.5 Å². The summed E-state index contributed by atoms with van der Waals surface area (Å²) in [7, 11) is 3.47. The van der Waals surface area contributed by atoms with Gasteiger partial charge in [-0.05, 0) is 30.3 Å². The number of anilines is 2. The topological polar surface area (TPSA) is 82.2 Å². The number of aryl methyl sites for hydroxylation is 1. The first-order valence-electron chi connectivity index (χ1n) is 6.60. The number of benzene rings is 2. The van der Waals surface area contributed by atoms with Gasteiger partial charge in [0.2, 0.25) is 5.95 Å². The third-order valence-corrected chi connectivity index (χ3v) is 3.42. The zero-order valence-corrected chi connectivity index (χ0v) is 12.1. The molecule has 0 aliphatic heterocycles. The molecule has 1 N–H and O–H groups in total. The summed E-state index contributed by atoms with van der Waals surface area (Å²) < 4.78 is 6.96. The van der Waals surface area contributed by atoms with Crippen LogP contribution in [0, 0.1) is 10.1 Å². The lowest BCUT2D eigenvalue weighted by molar-refractivity contribution is -0.384. The maximum absolute atomic E-state index is 10.8. The number of nitrogens with zero attached hydrogens (tertiary/aromatic N) is 3. The Kier molecular flexibility index (Phi) is 3.38. The van der Waals surface area contributed by atoms with Crippen molar-refractivity contribution in [1.29, 1.82) is 0 Å². The molecular formula is C15H14N4O3. The smallest absolute Gasteiger partial charge is 0.271 e. The average Bonchev–Trinajstić information content (AvgIpc) is 2.84. The van der Waals surface area contributed by atoms with Gasteiger partial charge in [0.25, 0.3) is 5.69 Å². The molecular weight excluding hydrogens is 284 g/mol. The predicted octanol–water partition coefficient (Wildman–Crippen LogP) is 3.23. The van der Waals surface area contributed by atoms with E-state index in [0.717, 1.165) is 17.0 Å². The second-order valence-electron chi connectivity index (χ2n) is 4.78. The van der Waals surface area contributed by atoms with Crippen molar-refractivity contribution in [1.82, 2.24) is 9.55 Å². The summed E-state index contributed by atoms with van der Waals surface area (Å²) in [6.45, 7) is 0. The van der Waals surface area contributed by atoms with Crippen LogP contribution in [0.1, 0.15) is 0 Å². The van der Waals surface area contributed by atoms with Crippen molar-refractivity contribution in [2.45, 2.75) is 0 Å². The molecule has 0 aliphatic rings. The molecule has 22 heavy (non-hydrogen) atoms. The maximum atomic E-state index is 10.8. The van der Waals surface area contributed by atoms with Crippen LogP contribution < -0.4 is 10.1 Å². The summed E-state index contributed by atoms with van der Waals surface area (Å²) in [4.78, 5) is 14.8. The average molecular weight is 298 g/mol. The number of ether oxygens (including phenoxy) is 1. The van der Waals surface area contributed by atoms with E-state index < -0.39 is 4.92 Å². The van der Waals surface area contributed by atoms with Crippen LogP contribution in [0.25, 0.3) is 11.0 Å². The number of nitro groups is 1. The lowest BCUT2D eigenvalue weighted by atomic mass is 10.3. The summed E-state index contributed by atoms with van der Waals surface area (Å²) >= 11 is 0. The maximum Gasteiger partial charge on any atom is 0.271 e. The molecule has 3 rings (SSSR count). The molecule has 7 heteroatoms. The largest absolute Gasteiger partial charge is 0.497 e. The quantitative estimate of drug-likeness (QED) is 0.590. The Hall–Kier alpha value is -3.09. The molecule has 0 amide bonds. The summed E-state index contributed by atoms with van der Waals surface area (Å²) in [6.07, 6.45) is 0. The number of hydrogen-bond acceptors (Lipinski definition) is 5. The van der Waals surface area contributed by atoms with Crippen molar-refractivity contribution in [2.24, 2.45) is 7.05 Å². The van der Waals surface area contributed by atoms with Crippen molar-refractivity contribution in [3.8, 4) is 5.75 Å². The normalized spacial score (nSPS) is 10.6. The second kappa shape index (κ2) is 5.36. The fraction of sp³-hybridized carbons (Fsp3) is 0.133. The summed E-state index contributed by atoms with van der Waals surface area (Å²) in [5.41, 5.74) is 2.28. The van der Waals surface area contributed by atoms with Crippen molar-refractivity contribution in [2.75, 3.05) is 12.4 Å². The van der Waals surface area contributed by atoms with Gasteiger partial charge >= 0.3 is 0 Å². The minimum absolute atomic E-state index is 0.0293. The standard InChI is InChI=1S/C15H14N4O3/c1-18-14-8-5-11(19(20)21)9-13(14)17-15(18)16-10-3-6-12(22-2)7-4-10/h3-9H,1-2H3,(H,16,17). The van der Waals surface area contributed by atoms with E-state index in [-0.39, 0.29) is 5.69 Å². The van der Waals surface area contributed by atoms with Crippen LogP contribution in [0.2, 0.25) is 0 Å². The van der Waals surface area contributed by atoms with E-state index >= 15 is 0 Å². The Labute approximate surface area is 126 Å². The minimum Gasteiger partial charge on any atom is -0.497 e. The molecule has 0 unspecified atom stereocenters. The molecule has 0 spiro atoms. The summed E-state index contributed by atoms with van der Waals surface area (Å²) in [6, 6.07) is 12.1. The molecule has 1 heterocycles. The van der Waals surface area contributed by atoms with Gasteiger partial charge in [0.15, 0.2) is 0 Å². The van der Waals surface area contributed by atoms with Crippen LogP contribution >= 0.6 is 0 Å². The van der Waals surface area contributed by atoms with E-state index in [1.54, 1.807) is 13.2 Å². The lowest BCUT2D eigenvalue weighted by Gasteiger charge is -2.07. The van der Waals surface area contributed by atoms with Gasteiger partial charge < -0.3 is 14.6 Å². The molecule has 0 aliphatic carbocycles. The SMILES string of the molecule is COc1ccc(Nc2nc3cc([N+](=O)[O-])ccc3n2C)cc1. The molecule has 0 saturated heterocycles. The number of hydrogen-bond donors (Lipinski definition) is 1. The van der Waals surface area contributed by atoms with Gasteiger partial charge in [0.05, 0.1) is 23.1 Å². The second-order valence-corrected chi connectivity index (χ2v) is 4.78. The van der Waals surface area contributed by atoms with Gasteiger partial charge in [-0.25, -0.2) is 4.98 Å². The summed E-state index contributed by atoms with van der Waals surface area (Å²) in [5, 5.41) is 14.0. The molecule has 2 aromatic carbocycles. The van der Waals surface area contributed by atoms with Crippen LogP contribution in [0.4, 0.5) is 17.3 Å². The van der Waals surface area contributed by atoms with E-state index in [4.69, 9.17) is 4.74 Å². The number of imidazole rings is 1. The zero-order valence-electron chi connectivity index (χ0n) is 12.1. The first-order valence-corrected chi connectivity index (χ1v) is 6.60. The predicted molar refractivity (Wildman–Crippen MR) is 83.6 cm³/mol. The van der Waals surface area contributed by atoms with Gasteiger partial charge in [0, 0.05) is 24.9 Å². The molecule has 3 aromatic rings. The van der Waals surface area contributed by atoms with Gasteiger partial charge in [0.1, 0.15) is 5.75 Å². The van der Waals surface area contributed by atoms with Crippen LogP contribution in [0.15, 0.2) is 42.5 Å². The highest BCUT2D eigenvalue weighted by atomic mass is 16.6. The lowest BCUT2D eigenvalue weighted by Crippen LogP contribution is -1.98. The van der Waals surface area contributed by atoms with E-state index in [9.17, 15) is 10.1 Å². The fourth-order valence-corrected chi connectivity index (χ4v) is 2.22. The van der Waals surface area contributed by atoms with E-state index in [1.165, 1.54) is 12.1 Å². The van der Waals surface area contributed by atoms with Crippen LogP contribution in [-0.4, -0.2) is 21.6 Å². The highest BCUT2D eigenvalue weighted by molar-refractivity contribution is 5.81. The Morgan fingerprint density at radius 2 is 1.95 bits per heavy atom. The number of methoxy groups -OCH3 is 1. The van der Waals surface area contributed by atoms with Gasteiger partial charge in [-0.3, -0.25) is 10.1 Å². The number of fused-ring (bicyclic) bond motifs is 1. The molecule has 0 saturated carbocycles. The fourth-order valence-electron chi connectivity index (χ4n) is 2.22. The van der Waals surface area contributed by atoms with Gasteiger partial charge in [-0.1, -0.05) is 0 Å². The van der Waals surface area contributed by atoms with Gasteiger partial charge in [-0.15, -0.1) is 0 Å². The Morgan fingerprint density at radius 3 is 2.59 bits per heavy atom. The molecule has 0 radical (unpaired) electrons. The first kappa shape index (κ1) is 13.9. The third-order valence-electron chi connectivity index (χ3n) is 3.42. The van der Waals surface area contributed by atoms with Crippen LogP contribution in [-0.2, 0) is 7.05 Å². The summed E-state index contributed by atoms with van der Waals surface area (Å²) in [5.74, 6) is 1.38. The van der Waals surface area contributed by atoms with Crippen molar-refractivity contribution >= 4 is 28.4 Å². The van der Waals surface area contributed by atoms with Crippen LogP contribution in [0.5, 0.6) is 5.75 Å². The monoisotopic (exact) mass is 298 g/mol. The molecule has 0 fully saturated rings. The number of aromatic nitrogens is 2. The van der Waals surface area contributed by atoms with Crippen LogP contribution in [0.3, 0.4) is 0 Å². The molecule has 112 valence electrons. The molecule has 7 nitrogen and oxygen atoms in total. The van der Waals surface area contributed by atoms with E-state index in [1.807, 2.05) is 35.9 Å². The van der Waals surface area contributed by atoms with Gasteiger partial charge in [-0.2, -0.15) is 0 Å². The van der Waals surface area contributed by atoms with Crippen molar-refractivity contribution < 1.29 is 9.66 Å². The number of nitrogens with one attached hydrogen (secondary N) is 1. The minimum atomic E-state index is -0.426. The van der Waals surface area contributed by atoms with Crippen molar-refractivity contribution in [3.05, 3.63) is 52.6 Å². The molecule has 0 atom stereocenters. The van der Waals surface area contributed by atoms with Crippen molar-refractivity contribution in [3.63, 3.8) is 0 Å². The number of non-ortho nitro benzene ring substituents is 1. The zero-order chi connectivity index (χ0) is 15.7.